The van der Waals surface area contributed by atoms with Gasteiger partial charge in [0.15, 0.2) is 0 Å². The molecule has 1 unspecified atom stereocenters. The molecule has 1 atom stereocenters. The van der Waals surface area contributed by atoms with Gasteiger partial charge in [-0.25, -0.2) is 4.39 Å². The van der Waals surface area contributed by atoms with Gasteiger partial charge in [0.25, 0.3) is 0 Å². The van der Waals surface area contributed by atoms with Crippen LogP contribution in [0.25, 0.3) is 0 Å². The van der Waals surface area contributed by atoms with E-state index in [0.717, 1.165) is 25.9 Å². The van der Waals surface area contributed by atoms with Gasteiger partial charge in [0.05, 0.1) is 11.8 Å². The summed E-state index contributed by atoms with van der Waals surface area (Å²) in [5, 5.41) is 9.82. The number of aliphatic hydroxyl groups is 1. The molecule has 1 saturated heterocycles. The van der Waals surface area contributed by atoms with Crippen LogP contribution in [0.3, 0.4) is 0 Å². The molecule has 106 valence electrons. The van der Waals surface area contributed by atoms with Crippen LogP contribution in [0.5, 0.6) is 0 Å². The zero-order chi connectivity index (χ0) is 14.0. The van der Waals surface area contributed by atoms with Gasteiger partial charge in [0.2, 0.25) is 0 Å². The van der Waals surface area contributed by atoms with Crippen molar-refractivity contribution in [3.05, 3.63) is 29.6 Å². The van der Waals surface area contributed by atoms with Gasteiger partial charge >= 0.3 is 0 Å². The summed E-state index contributed by atoms with van der Waals surface area (Å²) in [5.74, 6) is -0.224. The van der Waals surface area contributed by atoms with E-state index in [4.69, 9.17) is 0 Å². The smallest absolute Gasteiger partial charge is 0.146 e. The number of halogens is 1. The molecule has 0 aromatic heterocycles. The standard InChI is InChI=1S/C16H24FNO/c1-4-16(3)8-10-18(11-9-16)15-13(12(2)19)6-5-7-14(15)17/h5-7,12,19H,4,8-11H2,1-3H3. The molecule has 2 nitrogen and oxygen atoms in total. The van der Waals surface area contributed by atoms with Crippen LogP contribution in [0.1, 0.15) is 51.7 Å². The molecule has 1 aliphatic heterocycles. The molecule has 1 fully saturated rings. The summed E-state index contributed by atoms with van der Waals surface area (Å²) in [4.78, 5) is 2.09. The highest BCUT2D eigenvalue weighted by molar-refractivity contribution is 5.56. The Hall–Kier alpha value is -1.09. The van der Waals surface area contributed by atoms with Crippen LogP contribution in [0, 0.1) is 11.2 Å². The predicted molar refractivity (Wildman–Crippen MR) is 76.9 cm³/mol. The monoisotopic (exact) mass is 265 g/mol. The highest BCUT2D eigenvalue weighted by Crippen LogP contribution is 2.38. The molecule has 1 aromatic rings. The third-order valence-corrected chi connectivity index (χ3v) is 4.61. The lowest BCUT2D eigenvalue weighted by atomic mass is 9.78. The van der Waals surface area contributed by atoms with Crippen LogP contribution in [0.2, 0.25) is 0 Å². The van der Waals surface area contributed by atoms with Crippen molar-refractivity contribution in [2.45, 2.75) is 46.1 Å². The molecule has 1 aromatic carbocycles. The molecule has 0 saturated carbocycles. The van der Waals surface area contributed by atoms with Crippen LogP contribution in [-0.2, 0) is 0 Å². The van der Waals surface area contributed by atoms with E-state index >= 15 is 0 Å². The maximum absolute atomic E-state index is 14.1. The Kier molecular flexibility index (Phi) is 4.14. The van der Waals surface area contributed by atoms with Gasteiger partial charge in [-0.1, -0.05) is 32.4 Å². The summed E-state index contributed by atoms with van der Waals surface area (Å²) in [5.41, 5.74) is 1.67. The fraction of sp³-hybridized carbons (Fsp3) is 0.625. The normalized spacial score (nSPS) is 20.4. The van der Waals surface area contributed by atoms with Gasteiger partial charge in [-0.3, -0.25) is 0 Å². The molecule has 2 rings (SSSR count). The van der Waals surface area contributed by atoms with Gasteiger partial charge in [0, 0.05) is 18.7 Å². The number of piperidine rings is 1. The first kappa shape index (κ1) is 14.3. The predicted octanol–water partition coefficient (Wildman–Crippen LogP) is 3.90. The van der Waals surface area contributed by atoms with E-state index < -0.39 is 6.10 Å². The van der Waals surface area contributed by atoms with E-state index in [1.54, 1.807) is 13.0 Å². The van der Waals surface area contributed by atoms with Crippen molar-refractivity contribution in [3.8, 4) is 0 Å². The minimum Gasteiger partial charge on any atom is -0.389 e. The summed E-state index contributed by atoms with van der Waals surface area (Å²) in [6, 6.07) is 4.96. The van der Waals surface area contributed by atoms with Crippen molar-refractivity contribution < 1.29 is 9.50 Å². The quantitative estimate of drug-likeness (QED) is 0.896. The number of benzene rings is 1. The number of hydrogen-bond donors (Lipinski definition) is 1. The third kappa shape index (κ3) is 2.92. The van der Waals surface area contributed by atoms with Crippen LogP contribution >= 0.6 is 0 Å². The van der Waals surface area contributed by atoms with Crippen molar-refractivity contribution in [3.63, 3.8) is 0 Å². The first-order valence-electron chi connectivity index (χ1n) is 7.18. The van der Waals surface area contributed by atoms with Crippen molar-refractivity contribution in [2.75, 3.05) is 18.0 Å². The fourth-order valence-electron chi connectivity index (χ4n) is 2.83. The average molecular weight is 265 g/mol. The Labute approximate surface area is 115 Å². The van der Waals surface area contributed by atoms with Gasteiger partial charge in [-0.05, 0) is 31.2 Å². The molecule has 1 aliphatic rings. The number of para-hydroxylation sites is 1. The van der Waals surface area contributed by atoms with Crippen molar-refractivity contribution in [1.82, 2.24) is 0 Å². The van der Waals surface area contributed by atoms with E-state index in [9.17, 15) is 9.50 Å². The second-order valence-electron chi connectivity index (χ2n) is 6.00. The summed E-state index contributed by atoms with van der Waals surface area (Å²) < 4.78 is 14.1. The van der Waals surface area contributed by atoms with Gasteiger partial charge in [-0.2, -0.15) is 0 Å². The molecule has 0 amide bonds. The van der Waals surface area contributed by atoms with Crippen molar-refractivity contribution >= 4 is 5.69 Å². The average Bonchev–Trinajstić information content (AvgIpc) is 2.40. The molecular weight excluding hydrogens is 241 g/mol. The number of anilines is 1. The fourth-order valence-corrected chi connectivity index (χ4v) is 2.83. The highest BCUT2D eigenvalue weighted by atomic mass is 19.1. The van der Waals surface area contributed by atoms with Crippen LogP contribution in [0.4, 0.5) is 10.1 Å². The van der Waals surface area contributed by atoms with E-state index in [0.29, 0.717) is 16.7 Å². The SMILES string of the molecule is CCC1(C)CCN(c2c(F)cccc2C(C)O)CC1. The second-order valence-corrected chi connectivity index (χ2v) is 6.00. The van der Waals surface area contributed by atoms with E-state index in [1.807, 2.05) is 6.07 Å². The molecule has 3 heteroatoms. The molecule has 0 bridgehead atoms. The van der Waals surface area contributed by atoms with E-state index in [-0.39, 0.29) is 5.82 Å². The van der Waals surface area contributed by atoms with Crippen LogP contribution in [0.15, 0.2) is 18.2 Å². The van der Waals surface area contributed by atoms with Gasteiger partial charge in [-0.15, -0.1) is 0 Å². The largest absolute Gasteiger partial charge is 0.389 e. The zero-order valence-electron chi connectivity index (χ0n) is 12.1. The maximum atomic E-state index is 14.1. The Balaban J connectivity index is 2.24. The topological polar surface area (TPSA) is 23.5 Å². The lowest BCUT2D eigenvalue weighted by Crippen LogP contribution is -2.39. The molecule has 0 radical (unpaired) electrons. The highest BCUT2D eigenvalue weighted by Gasteiger charge is 2.30. The minimum absolute atomic E-state index is 0.224. The molecular formula is C16H24FNO. The Morgan fingerprint density at radius 2 is 2.00 bits per heavy atom. The zero-order valence-corrected chi connectivity index (χ0v) is 12.1. The Bertz CT molecular complexity index is 436. The third-order valence-electron chi connectivity index (χ3n) is 4.61. The van der Waals surface area contributed by atoms with Crippen molar-refractivity contribution in [2.24, 2.45) is 5.41 Å². The minimum atomic E-state index is -0.634. The summed E-state index contributed by atoms with van der Waals surface area (Å²) >= 11 is 0. The summed E-state index contributed by atoms with van der Waals surface area (Å²) in [6.07, 6.45) is 2.69. The number of rotatable bonds is 3. The summed E-state index contributed by atoms with van der Waals surface area (Å²) in [7, 11) is 0. The first-order chi connectivity index (χ1) is 8.97. The number of hydrogen-bond acceptors (Lipinski definition) is 2. The lowest BCUT2D eigenvalue weighted by molar-refractivity contribution is 0.198. The molecule has 19 heavy (non-hydrogen) atoms. The number of nitrogens with zero attached hydrogens (tertiary/aromatic N) is 1. The molecule has 1 heterocycles. The first-order valence-corrected chi connectivity index (χ1v) is 7.18. The van der Waals surface area contributed by atoms with Gasteiger partial charge < -0.3 is 10.0 Å². The lowest BCUT2D eigenvalue weighted by Gasteiger charge is -2.41. The van der Waals surface area contributed by atoms with E-state index in [1.165, 1.54) is 12.5 Å². The van der Waals surface area contributed by atoms with Crippen LogP contribution in [-0.4, -0.2) is 18.2 Å². The van der Waals surface area contributed by atoms with Gasteiger partial charge in [0.1, 0.15) is 5.82 Å². The van der Waals surface area contributed by atoms with Crippen molar-refractivity contribution in [1.29, 1.82) is 0 Å². The van der Waals surface area contributed by atoms with E-state index in [2.05, 4.69) is 18.7 Å². The second kappa shape index (κ2) is 5.49. The molecule has 0 aliphatic carbocycles. The number of aliphatic hydroxyl groups excluding tert-OH is 1. The Morgan fingerprint density at radius 3 is 2.53 bits per heavy atom. The Morgan fingerprint density at radius 1 is 1.37 bits per heavy atom. The molecule has 1 N–H and O–H groups in total. The maximum Gasteiger partial charge on any atom is 0.146 e. The molecule has 0 spiro atoms. The summed E-state index contributed by atoms with van der Waals surface area (Å²) in [6.45, 7) is 7.95. The van der Waals surface area contributed by atoms with Crippen LogP contribution < -0.4 is 4.90 Å².